The Morgan fingerprint density at radius 2 is 1.04 bits per heavy atom. The van der Waals surface area contributed by atoms with Gasteiger partial charge in [0.1, 0.15) is 22.2 Å². The third-order valence-electron chi connectivity index (χ3n) is 9.64. The van der Waals surface area contributed by atoms with Gasteiger partial charge in [-0.05, 0) is 59.0 Å². The van der Waals surface area contributed by atoms with Crippen molar-refractivity contribution >= 4 is 50.6 Å². The van der Waals surface area contributed by atoms with Crippen LogP contribution in [0.3, 0.4) is 0 Å². The molecule has 0 unspecified atom stereocenters. The summed E-state index contributed by atoms with van der Waals surface area (Å²) in [5.74, 6) is 1.77. The van der Waals surface area contributed by atoms with Crippen LogP contribution in [0.25, 0.3) is 95.7 Å². The summed E-state index contributed by atoms with van der Waals surface area (Å²) in [4.78, 5) is 15.3. The quantitative estimate of drug-likeness (QED) is 0.185. The average Bonchev–Trinajstić information content (AvgIpc) is 3.68. The number of hydrogen-bond acceptors (Lipinski definition) is 5. The molecule has 51 heavy (non-hydrogen) atoms. The molecule has 0 aliphatic heterocycles. The lowest BCUT2D eigenvalue weighted by Crippen LogP contribution is -2.18. The third kappa shape index (κ3) is 5.15. The topological polar surface area (TPSA) is 65.0 Å². The number of para-hydroxylation sites is 3. The molecule has 0 N–H and O–H groups in total. The van der Waals surface area contributed by atoms with Crippen LogP contribution in [0.1, 0.15) is 12.2 Å². The summed E-state index contributed by atoms with van der Waals surface area (Å²) in [6.07, 6.45) is 6.95. The highest BCUT2D eigenvalue weighted by molar-refractivity contribution is 6.09. The number of hydrogen-bond donors (Lipinski definition) is 0. The van der Waals surface area contributed by atoms with Crippen molar-refractivity contribution < 1.29 is 8.83 Å². The second kappa shape index (κ2) is 11.9. The van der Waals surface area contributed by atoms with E-state index in [0.717, 1.165) is 71.4 Å². The van der Waals surface area contributed by atoms with E-state index in [2.05, 4.69) is 109 Å². The summed E-state index contributed by atoms with van der Waals surface area (Å²) in [6, 6.07) is 49.9. The van der Waals surface area contributed by atoms with Gasteiger partial charge in [-0.3, -0.25) is 0 Å². The van der Waals surface area contributed by atoms with Crippen molar-refractivity contribution in [2.24, 2.45) is 0 Å². The van der Waals surface area contributed by atoms with Gasteiger partial charge in [0.05, 0.1) is 5.56 Å². The SMILES string of the molecule is C1=C(c2nc(-c3ccc(-c4cccc(-c5ccccc5)c4)cc3)nc(-c3cccc4c3oc3ccccc34)n2)CC=c2oc3ccccc3c2=C1. The molecule has 0 bridgehead atoms. The summed E-state index contributed by atoms with van der Waals surface area (Å²) in [7, 11) is 0. The van der Waals surface area contributed by atoms with Crippen LogP contribution >= 0.6 is 0 Å². The lowest BCUT2D eigenvalue weighted by Gasteiger charge is -2.11. The van der Waals surface area contributed by atoms with Crippen LogP contribution in [0.5, 0.6) is 0 Å². The summed E-state index contributed by atoms with van der Waals surface area (Å²) >= 11 is 0. The van der Waals surface area contributed by atoms with Crippen molar-refractivity contribution in [2.45, 2.75) is 6.42 Å². The van der Waals surface area contributed by atoms with Crippen LogP contribution in [-0.2, 0) is 0 Å². The van der Waals surface area contributed by atoms with Crippen molar-refractivity contribution in [1.29, 1.82) is 0 Å². The first-order valence-electron chi connectivity index (χ1n) is 17.1. The fraction of sp³-hybridized carbons (Fsp3) is 0.0217. The smallest absolute Gasteiger partial charge is 0.167 e. The van der Waals surface area contributed by atoms with Crippen LogP contribution in [0.15, 0.2) is 161 Å². The van der Waals surface area contributed by atoms with E-state index in [1.807, 2.05) is 54.6 Å². The van der Waals surface area contributed by atoms with E-state index in [-0.39, 0.29) is 0 Å². The van der Waals surface area contributed by atoms with Crippen LogP contribution < -0.4 is 10.6 Å². The molecular weight excluding hydrogens is 627 g/mol. The van der Waals surface area contributed by atoms with Crippen molar-refractivity contribution in [2.75, 3.05) is 0 Å². The molecule has 9 aromatic rings. The summed E-state index contributed by atoms with van der Waals surface area (Å²) in [6.45, 7) is 0. The third-order valence-corrected chi connectivity index (χ3v) is 9.64. The largest absolute Gasteiger partial charge is 0.456 e. The normalized spacial score (nSPS) is 12.7. The first kappa shape index (κ1) is 29.1. The van der Waals surface area contributed by atoms with E-state index < -0.39 is 0 Å². The maximum atomic E-state index is 6.43. The maximum Gasteiger partial charge on any atom is 0.167 e. The van der Waals surface area contributed by atoms with Crippen LogP contribution in [0.2, 0.25) is 0 Å². The summed E-state index contributed by atoms with van der Waals surface area (Å²) in [5.41, 5.74) is 10.7. The number of rotatable bonds is 5. The molecule has 5 nitrogen and oxygen atoms in total. The van der Waals surface area contributed by atoms with E-state index in [1.54, 1.807) is 0 Å². The highest BCUT2D eigenvalue weighted by Gasteiger charge is 2.19. The molecule has 3 heterocycles. The number of nitrogens with zero attached hydrogens (tertiary/aromatic N) is 3. The van der Waals surface area contributed by atoms with Gasteiger partial charge >= 0.3 is 0 Å². The average molecular weight is 656 g/mol. The summed E-state index contributed by atoms with van der Waals surface area (Å²) < 4.78 is 12.6. The van der Waals surface area contributed by atoms with Gasteiger partial charge in [-0.2, -0.15) is 0 Å². The predicted molar refractivity (Wildman–Crippen MR) is 206 cm³/mol. The lowest BCUT2D eigenvalue weighted by atomic mass is 9.98. The molecule has 0 saturated heterocycles. The van der Waals surface area contributed by atoms with Crippen molar-refractivity contribution in [3.05, 3.63) is 168 Å². The van der Waals surface area contributed by atoms with Crippen LogP contribution in [0.4, 0.5) is 0 Å². The Morgan fingerprint density at radius 1 is 0.431 bits per heavy atom. The molecule has 0 atom stereocenters. The van der Waals surface area contributed by atoms with E-state index in [4.69, 9.17) is 23.8 Å². The van der Waals surface area contributed by atoms with Gasteiger partial charge in [-0.25, -0.2) is 15.0 Å². The van der Waals surface area contributed by atoms with Crippen molar-refractivity contribution in [3.8, 4) is 45.0 Å². The Labute approximate surface area is 293 Å². The highest BCUT2D eigenvalue weighted by Crippen LogP contribution is 2.36. The number of allylic oxidation sites excluding steroid dienone is 2. The molecule has 240 valence electrons. The molecule has 0 amide bonds. The second-order valence-electron chi connectivity index (χ2n) is 12.8. The lowest BCUT2D eigenvalue weighted by molar-refractivity contribution is 0.574. The molecule has 0 radical (unpaired) electrons. The van der Waals surface area contributed by atoms with Gasteiger partial charge < -0.3 is 8.83 Å². The molecular formula is C46H29N3O2. The van der Waals surface area contributed by atoms with Crippen LogP contribution in [-0.4, -0.2) is 15.0 Å². The van der Waals surface area contributed by atoms with Gasteiger partial charge in [-0.15, -0.1) is 0 Å². The zero-order valence-electron chi connectivity index (χ0n) is 27.5. The second-order valence-corrected chi connectivity index (χ2v) is 12.8. The molecule has 0 spiro atoms. The molecule has 1 aliphatic rings. The number of furan rings is 2. The molecule has 0 fully saturated rings. The van der Waals surface area contributed by atoms with E-state index in [0.29, 0.717) is 23.9 Å². The predicted octanol–water partition coefficient (Wildman–Crippen LogP) is 10.2. The monoisotopic (exact) mass is 655 g/mol. The fourth-order valence-electron chi connectivity index (χ4n) is 7.04. The van der Waals surface area contributed by atoms with E-state index >= 15 is 0 Å². The molecule has 0 saturated carbocycles. The first-order valence-corrected chi connectivity index (χ1v) is 17.1. The maximum absolute atomic E-state index is 6.43. The molecule has 3 aromatic heterocycles. The molecule has 10 rings (SSSR count). The van der Waals surface area contributed by atoms with Crippen molar-refractivity contribution in [3.63, 3.8) is 0 Å². The van der Waals surface area contributed by atoms with Gasteiger partial charge in [0.15, 0.2) is 17.5 Å². The van der Waals surface area contributed by atoms with Crippen molar-refractivity contribution in [1.82, 2.24) is 15.0 Å². The fourth-order valence-corrected chi connectivity index (χ4v) is 7.04. The zero-order chi connectivity index (χ0) is 33.7. The van der Waals surface area contributed by atoms with Crippen LogP contribution in [0, 0.1) is 0 Å². The van der Waals surface area contributed by atoms with Gasteiger partial charge in [0, 0.05) is 32.5 Å². The Morgan fingerprint density at radius 3 is 1.86 bits per heavy atom. The van der Waals surface area contributed by atoms with Gasteiger partial charge in [0.25, 0.3) is 0 Å². The first-order chi connectivity index (χ1) is 25.2. The Bertz CT molecular complexity index is 2940. The molecule has 6 aromatic carbocycles. The highest BCUT2D eigenvalue weighted by atomic mass is 16.3. The molecule has 1 aliphatic carbocycles. The number of benzene rings is 6. The number of aromatic nitrogens is 3. The molecule has 5 heteroatoms. The summed E-state index contributed by atoms with van der Waals surface area (Å²) in [5, 5.41) is 4.24. The van der Waals surface area contributed by atoms with E-state index in [1.165, 1.54) is 11.1 Å². The van der Waals surface area contributed by atoms with Gasteiger partial charge in [-0.1, -0.05) is 133 Å². The minimum Gasteiger partial charge on any atom is -0.456 e. The zero-order valence-corrected chi connectivity index (χ0v) is 27.5. The Hall–Kier alpha value is -6.85. The number of fused-ring (bicyclic) bond motifs is 6. The standard InChI is InChI=1S/C46H29N3O2/c1-2-10-29(11-3-1)33-12-8-13-34(28-33)30-20-22-31(23-21-30)44-47-45(32-24-26-37-35-14-4-6-18-40(35)50-42(37)27-25-32)49-46(48-44)39-17-9-16-38-36-15-5-7-19-41(36)51-43(38)39/h1-24,26-28H,25H2. The Kier molecular flexibility index (Phi) is 6.81. The minimum absolute atomic E-state index is 0.562. The van der Waals surface area contributed by atoms with Gasteiger partial charge in [0.2, 0.25) is 0 Å². The Balaban J connectivity index is 1.10. The van der Waals surface area contributed by atoms with E-state index in [9.17, 15) is 0 Å². The minimum atomic E-state index is 0.562.